The number of methoxy groups -OCH3 is 1. The lowest BCUT2D eigenvalue weighted by Gasteiger charge is -2.31. The number of carbonyl (C=O) groups excluding carboxylic acids is 1. The van der Waals surface area contributed by atoms with Gasteiger partial charge in [-0.2, -0.15) is 10.1 Å². The summed E-state index contributed by atoms with van der Waals surface area (Å²) in [7, 11) is 1.70. The number of aromatic nitrogens is 4. The number of nitrogens with two attached hydrogens (primary N) is 2. The summed E-state index contributed by atoms with van der Waals surface area (Å²) in [5.74, 6) is -3.05. The van der Waals surface area contributed by atoms with Crippen molar-refractivity contribution in [3.8, 4) is 11.6 Å². The summed E-state index contributed by atoms with van der Waals surface area (Å²) in [5, 5.41) is 7.49. The van der Waals surface area contributed by atoms with Crippen LogP contribution in [0.3, 0.4) is 0 Å². The third kappa shape index (κ3) is 6.12. The maximum atomic E-state index is 14.3. The molecule has 5 N–H and O–H groups in total. The number of benzene rings is 1. The summed E-state index contributed by atoms with van der Waals surface area (Å²) < 4.78 is 40.5. The van der Waals surface area contributed by atoms with Gasteiger partial charge in [-0.15, -0.1) is 0 Å². The summed E-state index contributed by atoms with van der Waals surface area (Å²) in [6.07, 6.45) is 5.61. The summed E-state index contributed by atoms with van der Waals surface area (Å²) in [4.78, 5) is 23.1. The highest BCUT2D eigenvalue weighted by Gasteiger charge is 2.23. The predicted molar refractivity (Wildman–Crippen MR) is 133 cm³/mol. The predicted octanol–water partition coefficient (Wildman–Crippen LogP) is 3.01. The average molecular weight is 517 g/mol. The molecule has 0 aliphatic carbocycles. The number of rotatable bonds is 10. The molecule has 11 nitrogen and oxygen atoms in total. The fourth-order valence-electron chi connectivity index (χ4n) is 4.12. The maximum absolute atomic E-state index is 14.3. The van der Waals surface area contributed by atoms with Gasteiger partial charge in [0.25, 0.3) is 5.91 Å². The molecule has 0 unspecified atom stereocenters. The van der Waals surface area contributed by atoms with Crippen LogP contribution < -0.4 is 21.5 Å². The zero-order valence-electron chi connectivity index (χ0n) is 20.7. The van der Waals surface area contributed by atoms with Crippen LogP contribution in [0.4, 0.5) is 26.0 Å². The molecule has 3 aromatic rings. The molecule has 0 atom stereocenters. The average Bonchev–Trinajstić information content (AvgIpc) is 3.34. The number of carbonyl (C=O) groups is 1. The van der Waals surface area contributed by atoms with Gasteiger partial charge in [-0.3, -0.25) is 9.48 Å². The molecule has 3 heterocycles. The number of ether oxygens (including phenoxy) is 2. The summed E-state index contributed by atoms with van der Waals surface area (Å²) >= 11 is 0. The molecule has 198 valence electrons. The Bertz CT molecular complexity index is 1260. The van der Waals surface area contributed by atoms with E-state index in [4.69, 9.17) is 20.9 Å². The highest BCUT2D eigenvalue weighted by atomic mass is 19.1. The molecule has 0 saturated carbocycles. The molecular weight excluding hydrogens is 486 g/mol. The van der Waals surface area contributed by atoms with E-state index < -0.39 is 17.5 Å². The Labute approximate surface area is 212 Å². The SMILES string of the molecule is CCc1nc(C(N)=O)c(Nc2cnn(C3CCN(CCOC)CC3)c2)nc1Oc1cc(N)c(F)cc1F. The molecule has 1 aromatic carbocycles. The van der Waals surface area contributed by atoms with Crippen molar-refractivity contribution in [1.29, 1.82) is 0 Å². The van der Waals surface area contributed by atoms with Crippen LogP contribution in [0.1, 0.15) is 42.0 Å². The lowest BCUT2D eigenvalue weighted by molar-refractivity contribution is 0.0996. The van der Waals surface area contributed by atoms with Crippen LogP contribution in [-0.2, 0) is 11.2 Å². The Balaban J connectivity index is 1.56. The molecule has 2 aromatic heterocycles. The lowest BCUT2D eigenvalue weighted by Crippen LogP contribution is -2.36. The zero-order chi connectivity index (χ0) is 26.5. The van der Waals surface area contributed by atoms with E-state index in [1.54, 1.807) is 20.2 Å². The number of primary amides is 1. The van der Waals surface area contributed by atoms with Crippen LogP contribution in [0.2, 0.25) is 0 Å². The number of anilines is 3. The van der Waals surface area contributed by atoms with Crippen molar-refractivity contribution in [3.05, 3.63) is 47.5 Å². The quantitative estimate of drug-likeness (QED) is 0.346. The van der Waals surface area contributed by atoms with E-state index in [0.29, 0.717) is 24.8 Å². The lowest BCUT2D eigenvalue weighted by atomic mass is 10.1. The molecule has 1 amide bonds. The molecule has 1 aliphatic heterocycles. The van der Waals surface area contributed by atoms with E-state index in [0.717, 1.165) is 38.5 Å². The number of halogens is 2. The first-order valence-electron chi connectivity index (χ1n) is 11.9. The van der Waals surface area contributed by atoms with Gasteiger partial charge in [0.2, 0.25) is 5.88 Å². The minimum atomic E-state index is -0.960. The van der Waals surface area contributed by atoms with Gasteiger partial charge >= 0.3 is 0 Å². The smallest absolute Gasteiger partial charge is 0.271 e. The number of nitrogens with one attached hydrogen (secondary N) is 1. The molecule has 1 aliphatic rings. The second-order valence-corrected chi connectivity index (χ2v) is 8.70. The highest BCUT2D eigenvalue weighted by Crippen LogP contribution is 2.31. The first-order chi connectivity index (χ1) is 17.8. The fourth-order valence-corrected chi connectivity index (χ4v) is 4.12. The molecule has 13 heteroatoms. The van der Waals surface area contributed by atoms with E-state index in [-0.39, 0.29) is 40.6 Å². The highest BCUT2D eigenvalue weighted by molar-refractivity contribution is 5.96. The van der Waals surface area contributed by atoms with Crippen molar-refractivity contribution < 1.29 is 23.0 Å². The van der Waals surface area contributed by atoms with E-state index in [9.17, 15) is 13.6 Å². The molecule has 0 bridgehead atoms. The van der Waals surface area contributed by atoms with Crippen LogP contribution >= 0.6 is 0 Å². The van der Waals surface area contributed by atoms with Crippen LogP contribution in [-0.4, -0.2) is 63.9 Å². The maximum Gasteiger partial charge on any atom is 0.271 e. The monoisotopic (exact) mass is 516 g/mol. The van der Waals surface area contributed by atoms with Gasteiger partial charge in [-0.25, -0.2) is 13.8 Å². The Morgan fingerprint density at radius 2 is 1.97 bits per heavy atom. The van der Waals surface area contributed by atoms with Gasteiger partial charge in [0.15, 0.2) is 23.1 Å². The molecule has 0 radical (unpaired) electrons. The van der Waals surface area contributed by atoms with E-state index in [2.05, 4.69) is 25.3 Å². The fraction of sp³-hybridized carbons (Fsp3) is 0.417. The minimum Gasteiger partial charge on any atom is -0.434 e. The molecule has 4 rings (SSSR count). The summed E-state index contributed by atoms with van der Waals surface area (Å²) in [5.41, 5.74) is 11.5. The number of aryl methyl sites for hydroxylation is 1. The molecule has 0 spiro atoms. The number of likely N-dealkylation sites (tertiary alicyclic amines) is 1. The van der Waals surface area contributed by atoms with Gasteiger partial charge in [0, 0.05) is 45.1 Å². The first-order valence-corrected chi connectivity index (χ1v) is 11.9. The molecular formula is C24H30F2N8O3. The van der Waals surface area contributed by atoms with Gasteiger partial charge in [-0.1, -0.05) is 6.92 Å². The topological polar surface area (TPSA) is 146 Å². The Hall–Kier alpha value is -3.84. The van der Waals surface area contributed by atoms with Crippen molar-refractivity contribution in [2.75, 3.05) is 44.4 Å². The summed E-state index contributed by atoms with van der Waals surface area (Å²) in [6, 6.07) is 1.87. The molecule has 37 heavy (non-hydrogen) atoms. The third-order valence-electron chi connectivity index (χ3n) is 6.16. The van der Waals surface area contributed by atoms with Crippen LogP contribution in [0, 0.1) is 11.6 Å². The largest absolute Gasteiger partial charge is 0.434 e. The van der Waals surface area contributed by atoms with Gasteiger partial charge in [0.05, 0.1) is 30.2 Å². The second kappa shape index (κ2) is 11.5. The van der Waals surface area contributed by atoms with Crippen molar-refractivity contribution in [2.45, 2.75) is 32.2 Å². The number of hydrogen-bond donors (Lipinski definition) is 3. The van der Waals surface area contributed by atoms with Crippen LogP contribution in [0.15, 0.2) is 24.5 Å². The van der Waals surface area contributed by atoms with Crippen molar-refractivity contribution in [2.24, 2.45) is 5.73 Å². The Morgan fingerprint density at radius 3 is 2.65 bits per heavy atom. The first kappa shape index (κ1) is 26.2. The number of hydrogen-bond acceptors (Lipinski definition) is 9. The number of nitrogens with zero attached hydrogens (tertiary/aromatic N) is 5. The zero-order valence-corrected chi connectivity index (χ0v) is 20.7. The Morgan fingerprint density at radius 1 is 1.22 bits per heavy atom. The number of piperidine rings is 1. The second-order valence-electron chi connectivity index (χ2n) is 8.70. The van der Waals surface area contributed by atoms with Gasteiger partial charge in [0.1, 0.15) is 11.5 Å². The van der Waals surface area contributed by atoms with E-state index in [1.165, 1.54) is 0 Å². The molecule has 1 saturated heterocycles. The van der Waals surface area contributed by atoms with Crippen LogP contribution in [0.25, 0.3) is 0 Å². The number of nitrogen functional groups attached to an aromatic ring is 1. The van der Waals surface area contributed by atoms with E-state index >= 15 is 0 Å². The van der Waals surface area contributed by atoms with Gasteiger partial charge in [-0.05, 0) is 19.3 Å². The number of amides is 1. The Kier molecular flexibility index (Phi) is 8.14. The standard InChI is InChI=1S/C24H30F2N8O3/c1-3-19-24(37-20-11-18(27)16(25)10-17(20)26)32-23(21(31-19)22(28)35)30-14-12-29-34(13-14)15-4-6-33(7-5-15)8-9-36-2/h10-13,15H,3-9,27H2,1-2H3,(H2,28,35)(H,30,32). The molecule has 1 fully saturated rings. The normalized spacial score (nSPS) is 14.6. The summed E-state index contributed by atoms with van der Waals surface area (Å²) in [6.45, 7) is 5.24. The van der Waals surface area contributed by atoms with Crippen LogP contribution in [0.5, 0.6) is 11.6 Å². The van der Waals surface area contributed by atoms with E-state index in [1.807, 2.05) is 10.9 Å². The van der Waals surface area contributed by atoms with Crippen molar-refractivity contribution in [3.63, 3.8) is 0 Å². The van der Waals surface area contributed by atoms with Crippen molar-refractivity contribution in [1.82, 2.24) is 24.6 Å². The third-order valence-corrected chi connectivity index (χ3v) is 6.16. The van der Waals surface area contributed by atoms with Crippen molar-refractivity contribution >= 4 is 23.1 Å². The van der Waals surface area contributed by atoms with Gasteiger partial charge < -0.3 is 31.2 Å². The minimum absolute atomic E-state index is 0.0177.